The summed E-state index contributed by atoms with van der Waals surface area (Å²) in [5.74, 6) is -2.55. The molecule has 0 heterocycles. The van der Waals surface area contributed by atoms with Crippen molar-refractivity contribution in [2.45, 2.75) is 6.92 Å². The number of carbonyl (C=O) groups is 1. The average Bonchev–Trinajstić information content (AvgIpc) is 2.01. The van der Waals surface area contributed by atoms with Crippen LogP contribution >= 0.6 is 0 Å². The van der Waals surface area contributed by atoms with Crippen molar-refractivity contribution in [2.75, 3.05) is 0 Å². The molecule has 1 aromatic rings. The number of benzene rings is 1. The van der Waals surface area contributed by atoms with E-state index in [1.807, 2.05) is 0 Å². The Bertz CT molecular complexity index is 397. The molecule has 14 heavy (non-hydrogen) atoms. The molecule has 74 valence electrons. The highest BCUT2D eigenvalue weighted by molar-refractivity contribution is 5.93. The van der Waals surface area contributed by atoms with Crippen molar-refractivity contribution in [2.24, 2.45) is 0 Å². The number of hydrogen-bond acceptors (Lipinski definition) is 2. The van der Waals surface area contributed by atoms with E-state index < -0.39 is 23.2 Å². The molecule has 0 saturated carbocycles. The smallest absolute Gasteiger partial charge is 0.156 e. The first kappa shape index (κ1) is 10.4. The molecule has 1 rings (SSSR count). The van der Waals surface area contributed by atoms with Gasteiger partial charge in [0.2, 0.25) is 0 Å². The zero-order valence-electron chi connectivity index (χ0n) is 7.42. The fourth-order valence-corrected chi connectivity index (χ4v) is 0.967. The van der Waals surface area contributed by atoms with Crippen LogP contribution in [0.1, 0.15) is 12.5 Å². The van der Waals surface area contributed by atoms with E-state index in [0.717, 1.165) is 18.2 Å². The number of hydrogen-bond donors (Lipinski definition) is 1. The zero-order chi connectivity index (χ0) is 10.7. The molecule has 0 amide bonds. The first-order chi connectivity index (χ1) is 6.50. The minimum absolute atomic E-state index is 0.193. The predicted molar refractivity (Wildman–Crippen MR) is 47.6 cm³/mol. The monoisotopic (exact) mass is 198 g/mol. The van der Waals surface area contributed by atoms with Gasteiger partial charge < -0.3 is 5.11 Å². The highest BCUT2D eigenvalue weighted by Crippen LogP contribution is 2.16. The van der Waals surface area contributed by atoms with Crippen molar-refractivity contribution < 1.29 is 18.7 Å². The van der Waals surface area contributed by atoms with Crippen LogP contribution in [0.25, 0.3) is 5.76 Å². The van der Waals surface area contributed by atoms with Gasteiger partial charge in [0, 0.05) is 12.1 Å². The van der Waals surface area contributed by atoms with Gasteiger partial charge in [-0.25, -0.2) is 8.78 Å². The molecule has 1 N–H and O–H groups in total. The summed E-state index contributed by atoms with van der Waals surface area (Å²) in [4.78, 5) is 10.6. The van der Waals surface area contributed by atoms with Crippen molar-refractivity contribution in [3.63, 3.8) is 0 Å². The lowest BCUT2D eigenvalue weighted by molar-refractivity contribution is -0.112. The fraction of sp³-hybridized carbons (Fsp3) is 0.100. The number of halogens is 2. The lowest BCUT2D eigenvalue weighted by Gasteiger charge is -2.01. The largest absolute Gasteiger partial charge is 0.507 e. The number of ketones is 1. The predicted octanol–water partition coefficient (Wildman–Crippen LogP) is 2.45. The molecule has 0 bridgehead atoms. The molecule has 0 atom stereocenters. The minimum Gasteiger partial charge on any atom is -0.507 e. The van der Waals surface area contributed by atoms with Crippen LogP contribution in [0.15, 0.2) is 24.3 Å². The van der Waals surface area contributed by atoms with Crippen molar-refractivity contribution >= 4 is 11.5 Å². The second kappa shape index (κ2) is 4.00. The van der Waals surface area contributed by atoms with Gasteiger partial charge in [-0.05, 0) is 19.1 Å². The van der Waals surface area contributed by atoms with Gasteiger partial charge in [-0.3, -0.25) is 4.79 Å². The fourth-order valence-electron chi connectivity index (χ4n) is 0.967. The standard InChI is InChI=1S/C10H8F2O2/c1-6(13)4-10(14)8-3-2-7(11)5-9(8)12/h2-5,14H,1H3. The van der Waals surface area contributed by atoms with E-state index >= 15 is 0 Å². The van der Waals surface area contributed by atoms with Crippen molar-refractivity contribution in [1.29, 1.82) is 0 Å². The summed E-state index contributed by atoms with van der Waals surface area (Å²) in [6.07, 6.45) is 0.871. The molecular weight excluding hydrogens is 190 g/mol. The SMILES string of the molecule is CC(=O)C=C(O)c1ccc(F)cc1F. The Morgan fingerprint density at radius 3 is 2.57 bits per heavy atom. The lowest BCUT2D eigenvalue weighted by Crippen LogP contribution is -1.93. The molecule has 1 aromatic carbocycles. The van der Waals surface area contributed by atoms with Crippen molar-refractivity contribution in [1.82, 2.24) is 0 Å². The number of aliphatic hydroxyl groups is 1. The molecule has 0 aromatic heterocycles. The second-order valence-corrected chi connectivity index (χ2v) is 2.76. The average molecular weight is 198 g/mol. The topological polar surface area (TPSA) is 37.3 Å². The molecular formula is C10H8F2O2. The van der Waals surface area contributed by atoms with E-state index in [9.17, 15) is 18.7 Å². The Balaban J connectivity index is 3.14. The first-order valence-corrected chi connectivity index (χ1v) is 3.87. The summed E-state index contributed by atoms with van der Waals surface area (Å²) in [6, 6.07) is 2.71. The van der Waals surface area contributed by atoms with Crippen LogP contribution in [0.4, 0.5) is 8.78 Å². The van der Waals surface area contributed by atoms with Gasteiger partial charge in [0.1, 0.15) is 17.4 Å². The normalized spacial score (nSPS) is 11.5. The van der Waals surface area contributed by atoms with Crippen LogP contribution in [-0.4, -0.2) is 10.9 Å². The van der Waals surface area contributed by atoms with E-state index in [2.05, 4.69) is 0 Å². The molecule has 0 radical (unpaired) electrons. The van der Waals surface area contributed by atoms with Crippen LogP contribution in [-0.2, 0) is 4.79 Å². The van der Waals surface area contributed by atoms with E-state index in [1.165, 1.54) is 6.92 Å². The first-order valence-electron chi connectivity index (χ1n) is 3.87. The number of aliphatic hydroxyl groups excluding tert-OH is 1. The van der Waals surface area contributed by atoms with Crippen LogP contribution in [0, 0.1) is 11.6 Å². The Kier molecular flexibility index (Phi) is 2.96. The highest BCUT2D eigenvalue weighted by atomic mass is 19.1. The van der Waals surface area contributed by atoms with Gasteiger partial charge >= 0.3 is 0 Å². The van der Waals surface area contributed by atoms with Gasteiger partial charge in [-0.1, -0.05) is 0 Å². The van der Waals surface area contributed by atoms with E-state index in [1.54, 1.807) is 0 Å². The molecule has 0 aliphatic rings. The Morgan fingerprint density at radius 2 is 2.07 bits per heavy atom. The second-order valence-electron chi connectivity index (χ2n) is 2.76. The number of rotatable bonds is 2. The zero-order valence-corrected chi connectivity index (χ0v) is 7.42. The highest BCUT2D eigenvalue weighted by Gasteiger charge is 2.07. The van der Waals surface area contributed by atoms with Crippen molar-refractivity contribution in [3.05, 3.63) is 41.5 Å². The van der Waals surface area contributed by atoms with E-state index in [4.69, 9.17) is 0 Å². The van der Waals surface area contributed by atoms with Gasteiger partial charge in [-0.2, -0.15) is 0 Å². The van der Waals surface area contributed by atoms with Gasteiger partial charge in [0.25, 0.3) is 0 Å². The Labute approximate surface area is 79.5 Å². The minimum atomic E-state index is -0.903. The molecule has 0 aliphatic heterocycles. The number of carbonyl (C=O) groups excluding carboxylic acids is 1. The Morgan fingerprint density at radius 1 is 1.43 bits per heavy atom. The molecule has 0 unspecified atom stereocenters. The van der Waals surface area contributed by atoms with Crippen LogP contribution < -0.4 is 0 Å². The maximum absolute atomic E-state index is 13.0. The molecule has 0 saturated heterocycles. The molecule has 0 fully saturated rings. The van der Waals surface area contributed by atoms with E-state index in [0.29, 0.717) is 6.07 Å². The summed E-state index contributed by atoms with van der Waals surface area (Å²) < 4.78 is 25.5. The summed E-state index contributed by atoms with van der Waals surface area (Å²) in [6.45, 7) is 1.22. The third-order valence-corrected chi connectivity index (χ3v) is 1.55. The maximum atomic E-state index is 13.0. The lowest BCUT2D eigenvalue weighted by atomic mass is 10.1. The third kappa shape index (κ3) is 2.39. The van der Waals surface area contributed by atoms with Crippen LogP contribution in [0.5, 0.6) is 0 Å². The van der Waals surface area contributed by atoms with Gasteiger partial charge in [0.05, 0.1) is 5.56 Å². The summed E-state index contributed by atoms with van der Waals surface area (Å²) in [5, 5.41) is 9.24. The quantitative estimate of drug-likeness (QED) is 0.585. The summed E-state index contributed by atoms with van der Waals surface area (Å²) in [7, 11) is 0. The third-order valence-electron chi connectivity index (χ3n) is 1.55. The van der Waals surface area contributed by atoms with Gasteiger partial charge in [-0.15, -0.1) is 0 Å². The van der Waals surface area contributed by atoms with E-state index in [-0.39, 0.29) is 5.56 Å². The Hall–Kier alpha value is -1.71. The number of allylic oxidation sites excluding steroid dienone is 1. The van der Waals surface area contributed by atoms with Crippen molar-refractivity contribution in [3.8, 4) is 0 Å². The summed E-state index contributed by atoms with van der Waals surface area (Å²) >= 11 is 0. The van der Waals surface area contributed by atoms with Crippen LogP contribution in [0.3, 0.4) is 0 Å². The summed E-state index contributed by atoms with van der Waals surface area (Å²) in [5.41, 5.74) is -0.193. The molecule has 0 aliphatic carbocycles. The molecule has 2 nitrogen and oxygen atoms in total. The van der Waals surface area contributed by atoms with Gasteiger partial charge in [0.15, 0.2) is 5.78 Å². The molecule has 4 heteroatoms. The maximum Gasteiger partial charge on any atom is 0.156 e. The van der Waals surface area contributed by atoms with Crippen LogP contribution in [0.2, 0.25) is 0 Å². The molecule has 0 spiro atoms.